The Morgan fingerprint density at radius 3 is 2.52 bits per heavy atom. The van der Waals surface area contributed by atoms with Crippen LogP contribution in [0.4, 0.5) is 11.4 Å². The molecule has 2 aromatic carbocycles. The zero-order valence-electron chi connectivity index (χ0n) is 17.3. The van der Waals surface area contributed by atoms with Crippen LogP contribution in [-0.2, 0) is 11.4 Å². The summed E-state index contributed by atoms with van der Waals surface area (Å²) in [7, 11) is 1.55. The summed E-state index contributed by atoms with van der Waals surface area (Å²) in [6, 6.07) is 14.8. The highest BCUT2D eigenvalue weighted by Crippen LogP contribution is 2.37. The van der Waals surface area contributed by atoms with E-state index in [0.717, 1.165) is 22.9 Å². The van der Waals surface area contributed by atoms with Gasteiger partial charge in [-0.15, -0.1) is 0 Å². The van der Waals surface area contributed by atoms with Crippen molar-refractivity contribution in [1.29, 1.82) is 0 Å². The first-order chi connectivity index (χ1) is 16.0. The quantitative estimate of drug-likeness (QED) is 0.203. The number of anilines is 1. The predicted octanol–water partition coefficient (Wildman–Crippen LogP) is 4.98. The summed E-state index contributed by atoms with van der Waals surface area (Å²) in [5.41, 5.74) is 2.14. The molecule has 0 aliphatic carbocycles. The molecule has 0 saturated carbocycles. The molecule has 0 radical (unpaired) electrons. The minimum absolute atomic E-state index is 0.0573. The van der Waals surface area contributed by atoms with Gasteiger partial charge in [0.25, 0.3) is 11.6 Å². The van der Waals surface area contributed by atoms with Crippen LogP contribution in [0.3, 0.4) is 0 Å². The Kier molecular flexibility index (Phi) is 6.66. The number of ether oxygens (including phenoxy) is 2. The molecule has 0 atom stereocenters. The molecule has 1 aromatic heterocycles. The first-order valence-corrected chi connectivity index (χ1v) is 10.9. The van der Waals surface area contributed by atoms with E-state index in [-0.39, 0.29) is 11.6 Å². The number of carbonyl (C=O) groups is 1. The molecular formula is C23H17N3O5S2. The summed E-state index contributed by atoms with van der Waals surface area (Å²) in [6.07, 6.45) is 5.12. The molecule has 1 saturated heterocycles. The van der Waals surface area contributed by atoms with Crippen LogP contribution in [0.1, 0.15) is 11.1 Å². The lowest BCUT2D eigenvalue weighted by Crippen LogP contribution is -2.27. The average Bonchev–Trinajstić information content (AvgIpc) is 3.11. The van der Waals surface area contributed by atoms with E-state index in [1.165, 1.54) is 29.2 Å². The number of nitro benzene ring substituents is 1. The van der Waals surface area contributed by atoms with Gasteiger partial charge >= 0.3 is 0 Å². The highest BCUT2D eigenvalue weighted by molar-refractivity contribution is 8.27. The highest BCUT2D eigenvalue weighted by Gasteiger charge is 2.33. The molecule has 0 unspecified atom stereocenters. The van der Waals surface area contributed by atoms with Crippen molar-refractivity contribution in [3.05, 3.63) is 93.1 Å². The molecule has 3 aromatic rings. The Morgan fingerprint density at radius 2 is 1.85 bits per heavy atom. The maximum Gasteiger partial charge on any atom is 0.270 e. The van der Waals surface area contributed by atoms with E-state index in [1.807, 2.05) is 18.2 Å². The van der Waals surface area contributed by atoms with Gasteiger partial charge in [-0.25, -0.2) is 0 Å². The lowest BCUT2D eigenvalue weighted by Gasteiger charge is -2.14. The largest absolute Gasteiger partial charge is 0.493 e. The fraction of sp³-hybridized carbons (Fsp3) is 0.0870. The number of pyridine rings is 1. The number of carbonyl (C=O) groups excluding carboxylic acids is 1. The van der Waals surface area contributed by atoms with Crippen LogP contribution < -0.4 is 14.4 Å². The second-order valence-electron chi connectivity index (χ2n) is 6.85. The molecule has 0 bridgehead atoms. The Balaban J connectivity index is 1.52. The number of thioether (sulfide) groups is 1. The number of methoxy groups -OCH3 is 1. The zero-order valence-corrected chi connectivity index (χ0v) is 19.0. The lowest BCUT2D eigenvalue weighted by molar-refractivity contribution is -0.384. The molecule has 8 nitrogen and oxygen atoms in total. The standard InChI is InChI=1S/C23H17N3O5S2/c1-30-20-12-16(2-7-19(20)31-14-15-8-10-24-11-9-15)13-21-22(27)25(23(32)33-21)17-3-5-18(6-4-17)26(28)29/h2-13H,14H2,1H3/b21-13-. The van der Waals surface area contributed by atoms with Gasteiger partial charge in [0, 0.05) is 24.5 Å². The molecule has 2 heterocycles. The molecule has 1 fully saturated rings. The minimum Gasteiger partial charge on any atom is -0.493 e. The summed E-state index contributed by atoms with van der Waals surface area (Å²) in [5.74, 6) is 0.810. The molecule has 4 rings (SSSR count). The molecule has 1 aliphatic rings. The molecule has 1 aliphatic heterocycles. The molecule has 1 amide bonds. The Labute approximate surface area is 199 Å². The maximum atomic E-state index is 13.0. The molecular weight excluding hydrogens is 462 g/mol. The number of hydrogen-bond donors (Lipinski definition) is 0. The van der Waals surface area contributed by atoms with E-state index in [9.17, 15) is 14.9 Å². The van der Waals surface area contributed by atoms with E-state index in [2.05, 4.69) is 4.98 Å². The minimum atomic E-state index is -0.494. The van der Waals surface area contributed by atoms with Crippen molar-refractivity contribution >= 4 is 51.7 Å². The summed E-state index contributed by atoms with van der Waals surface area (Å²) >= 11 is 6.54. The Morgan fingerprint density at radius 1 is 1.12 bits per heavy atom. The molecule has 0 N–H and O–H groups in total. The van der Waals surface area contributed by atoms with Crippen molar-refractivity contribution in [2.45, 2.75) is 6.61 Å². The van der Waals surface area contributed by atoms with E-state index in [1.54, 1.807) is 37.7 Å². The van der Waals surface area contributed by atoms with Crippen LogP contribution in [0.5, 0.6) is 11.5 Å². The fourth-order valence-corrected chi connectivity index (χ4v) is 4.40. The van der Waals surface area contributed by atoms with Crippen LogP contribution in [0, 0.1) is 10.1 Å². The van der Waals surface area contributed by atoms with Crippen LogP contribution >= 0.6 is 24.0 Å². The van der Waals surface area contributed by atoms with Crippen molar-refractivity contribution in [2.24, 2.45) is 0 Å². The smallest absolute Gasteiger partial charge is 0.270 e. The number of nitro groups is 1. The van der Waals surface area contributed by atoms with Gasteiger partial charge in [0.2, 0.25) is 0 Å². The SMILES string of the molecule is COc1cc(/C=C2\SC(=S)N(c3ccc([N+](=O)[O-])cc3)C2=O)ccc1OCc1ccncc1. The van der Waals surface area contributed by atoms with Crippen molar-refractivity contribution < 1.29 is 19.2 Å². The predicted molar refractivity (Wildman–Crippen MR) is 130 cm³/mol. The first kappa shape index (κ1) is 22.4. The summed E-state index contributed by atoms with van der Waals surface area (Å²) in [6.45, 7) is 0.367. The number of thiocarbonyl (C=S) groups is 1. The number of aromatic nitrogens is 1. The summed E-state index contributed by atoms with van der Waals surface area (Å²) in [4.78, 5) is 29.1. The average molecular weight is 480 g/mol. The van der Waals surface area contributed by atoms with Gasteiger partial charge in [-0.2, -0.15) is 0 Å². The first-order valence-electron chi connectivity index (χ1n) is 9.68. The second-order valence-corrected chi connectivity index (χ2v) is 8.52. The number of benzene rings is 2. The molecule has 166 valence electrons. The monoisotopic (exact) mass is 479 g/mol. The molecule has 33 heavy (non-hydrogen) atoms. The van der Waals surface area contributed by atoms with Gasteiger partial charge in [0.05, 0.1) is 22.6 Å². The number of nitrogens with zero attached hydrogens (tertiary/aromatic N) is 3. The highest BCUT2D eigenvalue weighted by atomic mass is 32.2. The summed E-state index contributed by atoms with van der Waals surface area (Å²) in [5, 5.41) is 10.9. The summed E-state index contributed by atoms with van der Waals surface area (Å²) < 4.78 is 11.7. The Hall–Kier alpha value is -3.76. The number of rotatable bonds is 7. The van der Waals surface area contributed by atoms with Crippen molar-refractivity contribution in [3.8, 4) is 11.5 Å². The number of amides is 1. The van der Waals surface area contributed by atoms with Crippen LogP contribution in [-0.4, -0.2) is 27.2 Å². The third kappa shape index (κ3) is 5.02. The zero-order chi connectivity index (χ0) is 23.4. The van der Waals surface area contributed by atoms with E-state index in [0.29, 0.717) is 33.0 Å². The Bertz CT molecular complexity index is 1250. The molecule has 10 heteroatoms. The second kappa shape index (κ2) is 9.80. The van der Waals surface area contributed by atoms with Gasteiger partial charge in [-0.05, 0) is 53.6 Å². The van der Waals surface area contributed by atoms with Crippen molar-refractivity contribution in [1.82, 2.24) is 4.98 Å². The normalized spacial score (nSPS) is 14.6. The van der Waals surface area contributed by atoms with Gasteiger partial charge < -0.3 is 9.47 Å². The maximum absolute atomic E-state index is 13.0. The number of hydrogen-bond acceptors (Lipinski definition) is 8. The van der Waals surface area contributed by atoms with Crippen molar-refractivity contribution in [3.63, 3.8) is 0 Å². The van der Waals surface area contributed by atoms with Gasteiger partial charge in [0.15, 0.2) is 15.8 Å². The van der Waals surface area contributed by atoms with Gasteiger partial charge in [-0.3, -0.25) is 24.8 Å². The van der Waals surface area contributed by atoms with Gasteiger partial charge in [-0.1, -0.05) is 30.0 Å². The van der Waals surface area contributed by atoms with Crippen molar-refractivity contribution in [2.75, 3.05) is 12.0 Å². The molecule has 0 spiro atoms. The van der Waals surface area contributed by atoms with Gasteiger partial charge in [0.1, 0.15) is 6.61 Å². The van der Waals surface area contributed by atoms with Crippen LogP contribution in [0.25, 0.3) is 6.08 Å². The van der Waals surface area contributed by atoms with Crippen LogP contribution in [0.2, 0.25) is 0 Å². The van der Waals surface area contributed by atoms with Crippen LogP contribution in [0.15, 0.2) is 71.9 Å². The van der Waals surface area contributed by atoms with E-state index >= 15 is 0 Å². The van der Waals surface area contributed by atoms with E-state index in [4.69, 9.17) is 21.7 Å². The third-order valence-electron chi connectivity index (χ3n) is 4.74. The topological polar surface area (TPSA) is 94.8 Å². The lowest BCUT2D eigenvalue weighted by atomic mass is 10.1. The third-order valence-corrected chi connectivity index (χ3v) is 6.04. The number of non-ortho nitro benzene ring substituents is 1. The van der Waals surface area contributed by atoms with E-state index < -0.39 is 4.92 Å². The fourth-order valence-electron chi connectivity index (χ4n) is 3.10.